The fourth-order valence-electron chi connectivity index (χ4n) is 3.37. The fourth-order valence-corrected chi connectivity index (χ4v) is 3.37. The first-order valence-corrected chi connectivity index (χ1v) is 8.21. The van der Waals surface area contributed by atoms with Crippen LogP contribution >= 0.6 is 0 Å². The molecule has 0 aromatic heterocycles. The summed E-state index contributed by atoms with van der Waals surface area (Å²) in [7, 11) is 2.11. The number of urea groups is 1. The van der Waals surface area contributed by atoms with Gasteiger partial charge in [0.25, 0.3) is 0 Å². The molecular formula is C17H26N4O. The molecule has 5 nitrogen and oxygen atoms in total. The Kier molecular flexibility index (Phi) is 4.52. The van der Waals surface area contributed by atoms with Crippen LogP contribution in [0.25, 0.3) is 0 Å². The summed E-state index contributed by atoms with van der Waals surface area (Å²) in [6, 6.07) is 8.41. The topological polar surface area (TPSA) is 52.8 Å². The Labute approximate surface area is 132 Å². The first-order chi connectivity index (χ1) is 10.6. The van der Waals surface area contributed by atoms with Crippen LogP contribution in [0.5, 0.6) is 0 Å². The number of piperidine rings is 1. The van der Waals surface area contributed by atoms with Crippen molar-refractivity contribution in [2.24, 2.45) is 0 Å². The van der Waals surface area contributed by atoms with Crippen molar-refractivity contribution < 1.29 is 4.79 Å². The molecule has 1 aromatic rings. The maximum atomic E-state index is 12.6. The summed E-state index contributed by atoms with van der Waals surface area (Å²) in [4.78, 5) is 18.9. The molecule has 2 saturated heterocycles. The number of rotatable bonds is 1. The number of carbonyl (C=O) groups excluding carboxylic acids is 1. The summed E-state index contributed by atoms with van der Waals surface area (Å²) in [6.07, 6.45) is 2.09. The van der Waals surface area contributed by atoms with Crippen LogP contribution in [0.1, 0.15) is 24.3 Å². The minimum atomic E-state index is 0.226. The number of carbonyl (C=O) groups is 1. The Balaban J connectivity index is 1.53. The second kappa shape index (κ2) is 6.57. The van der Waals surface area contributed by atoms with Gasteiger partial charge in [-0.15, -0.1) is 0 Å². The van der Waals surface area contributed by atoms with E-state index in [4.69, 9.17) is 5.73 Å². The van der Waals surface area contributed by atoms with Crippen molar-refractivity contribution in [2.45, 2.75) is 18.8 Å². The summed E-state index contributed by atoms with van der Waals surface area (Å²) in [5.41, 5.74) is 7.91. The molecular weight excluding hydrogens is 276 g/mol. The van der Waals surface area contributed by atoms with E-state index in [-0.39, 0.29) is 6.03 Å². The number of hydrogen-bond acceptors (Lipinski definition) is 3. The van der Waals surface area contributed by atoms with Gasteiger partial charge in [-0.3, -0.25) is 0 Å². The zero-order valence-corrected chi connectivity index (χ0v) is 13.4. The molecule has 0 bridgehead atoms. The van der Waals surface area contributed by atoms with Crippen molar-refractivity contribution in [1.29, 1.82) is 0 Å². The standard InChI is InChI=1S/C17H26N4O/c1-19-10-12-21(13-11-19)17(22)20-8-6-15(7-9-20)14-2-4-16(18)5-3-14/h2-5,15H,6-13,18H2,1H3. The molecule has 3 rings (SSSR count). The number of likely N-dealkylation sites (tertiary alicyclic amines) is 1. The average molecular weight is 302 g/mol. The van der Waals surface area contributed by atoms with Crippen LogP contribution in [-0.4, -0.2) is 67.0 Å². The molecule has 0 spiro atoms. The van der Waals surface area contributed by atoms with E-state index in [2.05, 4.69) is 24.1 Å². The lowest BCUT2D eigenvalue weighted by Gasteiger charge is -2.39. The fraction of sp³-hybridized carbons (Fsp3) is 0.588. The molecule has 2 fully saturated rings. The predicted molar refractivity (Wildman–Crippen MR) is 88.9 cm³/mol. The number of piperazine rings is 1. The number of benzene rings is 1. The van der Waals surface area contributed by atoms with Gasteiger partial charge in [0, 0.05) is 45.0 Å². The monoisotopic (exact) mass is 302 g/mol. The molecule has 0 unspecified atom stereocenters. The van der Waals surface area contributed by atoms with E-state index >= 15 is 0 Å². The van der Waals surface area contributed by atoms with Crippen LogP contribution in [0, 0.1) is 0 Å². The minimum Gasteiger partial charge on any atom is -0.399 e. The Hall–Kier alpha value is -1.75. The molecule has 0 saturated carbocycles. The third-order valence-corrected chi connectivity index (χ3v) is 4.95. The first-order valence-electron chi connectivity index (χ1n) is 8.21. The Morgan fingerprint density at radius 3 is 2.09 bits per heavy atom. The highest BCUT2D eigenvalue weighted by Gasteiger charge is 2.28. The van der Waals surface area contributed by atoms with Gasteiger partial charge in [0.05, 0.1) is 0 Å². The van der Waals surface area contributed by atoms with Gasteiger partial charge >= 0.3 is 6.03 Å². The second-order valence-electron chi connectivity index (χ2n) is 6.50. The number of nitrogens with two attached hydrogens (primary N) is 1. The van der Waals surface area contributed by atoms with E-state index in [9.17, 15) is 4.79 Å². The zero-order chi connectivity index (χ0) is 15.5. The quantitative estimate of drug-likeness (QED) is 0.805. The third kappa shape index (κ3) is 3.35. The van der Waals surface area contributed by atoms with Gasteiger partial charge < -0.3 is 20.4 Å². The summed E-state index contributed by atoms with van der Waals surface area (Å²) >= 11 is 0. The highest BCUT2D eigenvalue weighted by atomic mass is 16.2. The van der Waals surface area contributed by atoms with Gasteiger partial charge in [-0.2, -0.15) is 0 Å². The van der Waals surface area contributed by atoms with E-state index in [1.54, 1.807) is 0 Å². The van der Waals surface area contributed by atoms with E-state index < -0.39 is 0 Å². The van der Waals surface area contributed by atoms with Gasteiger partial charge in [0.2, 0.25) is 0 Å². The number of nitrogens with zero attached hydrogens (tertiary/aromatic N) is 3. The molecule has 2 aliphatic rings. The smallest absolute Gasteiger partial charge is 0.320 e. The molecule has 1 aromatic carbocycles. The second-order valence-corrected chi connectivity index (χ2v) is 6.50. The number of likely N-dealkylation sites (N-methyl/N-ethyl adjacent to an activating group) is 1. The van der Waals surface area contributed by atoms with Crippen molar-refractivity contribution in [1.82, 2.24) is 14.7 Å². The van der Waals surface area contributed by atoms with E-state index in [0.717, 1.165) is 57.8 Å². The largest absolute Gasteiger partial charge is 0.399 e. The lowest BCUT2D eigenvalue weighted by Crippen LogP contribution is -2.53. The number of hydrogen-bond donors (Lipinski definition) is 1. The molecule has 22 heavy (non-hydrogen) atoms. The maximum Gasteiger partial charge on any atom is 0.320 e. The van der Waals surface area contributed by atoms with Crippen LogP contribution < -0.4 is 5.73 Å². The zero-order valence-electron chi connectivity index (χ0n) is 13.4. The van der Waals surface area contributed by atoms with Crippen LogP contribution in [0.3, 0.4) is 0 Å². The van der Waals surface area contributed by atoms with Gasteiger partial charge in [-0.25, -0.2) is 4.79 Å². The molecule has 5 heteroatoms. The summed E-state index contributed by atoms with van der Waals surface area (Å²) in [5, 5.41) is 0. The van der Waals surface area contributed by atoms with Crippen LogP contribution in [0.2, 0.25) is 0 Å². The first kappa shape index (κ1) is 15.2. The van der Waals surface area contributed by atoms with Gasteiger partial charge in [-0.05, 0) is 43.5 Å². The average Bonchev–Trinajstić information content (AvgIpc) is 2.56. The van der Waals surface area contributed by atoms with Crippen molar-refractivity contribution in [3.8, 4) is 0 Å². The molecule has 0 radical (unpaired) electrons. The summed E-state index contributed by atoms with van der Waals surface area (Å²) in [5.74, 6) is 0.553. The van der Waals surface area contributed by atoms with Crippen LogP contribution in [-0.2, 0) is 0 Å². The highest BCUT2D eigenvalue weighted by Crippen LogP contribution is 2.29. The van der Waals surface area contributed by atoms with E-state index in [1.807, 2.05) is 21.9 Å². The molecule has 2 aliphatic heterocycles. The SMILES string of the molecule is CN1CCN(C(=O)N2CCC(c3ccc(N)cc3)CC2)CC1. The van der Waals surface area contributed by atoms with E-state index in [0.29, 0.717) is 5.92 Å². The molecule has 2 heterocycles. The van der Waals surface area contributed by atoms with Gasteiger partial charge in [-0.1, -0.05) is 12.1 Å². The van der Waals surface area contributed by atoms with Gasteiger partial charge in [0.15, 0.2) is 0 Å². The normalized spacial score (nSPS) is 21.1. The Bertz CT molecular complexity index is 500. The van der Waals surface area contributed by atoms with E-state index in [1.165, 1.54) is 5.56 Å². The number of anilines is 1. The predicted octanol–water partition coefficient (Wildman–Crippen LogP) is 1.82. The van der Waals surface area contributed by atoms with Crippen molar-refractivity contribution in [2.75, 3.05) is 52.0 Å². The summed E-state index contributed by atoms with van der Waals surface area (Å²) in [6.45, 7) is 5.39. The van der Waals surface area contributed by atoms with Crippen LogP contribution in [0.15, 0.2) is 24.3 Å². The molecule has 0 aliphatic carbocycles. The maximum absolute atomic E-state index is 12.6. The van der Waals surface area contributed by atoms with Gasteiger partial charge in [0.1, 0.15) is 0 Å². The third-order valence-electron chi connectivity index (χ3n) is 4.95. The molecule has 2 amide bonds. The number of nitrogen functional groups attached to an aromatic ring is 1. The Morgan fingerprint density at radius 1 is 0.955 bits per heavy atom. The molecule has 120 valence electrons. The van der Waals surface area contributed by atoms with Crippen molar-refractivity contribution >= 4 is 11.7 Å². The Morgan fingerprint density at radius 2 is 1.50 bits per heavy atom. The summed E-state index contributed by atoms with van der Waals surface area (Å²) < 4.78 is 0. The number of amides is 2. The van der Waals surface area contributed by atoms with Crippen LogP contribution in [0.4, 0.5) is 10.5 Å². The lowest BCUT2D eigenvalue weighted by atomic mass is 9.89. The highest BCUT2D eigenvalue weighted by molar-refractivity contribution is 5.74. The molecule has 2 N–H and O–H groups in total. The minimum absolute atomic E-state index is 0.226. The lowest BCUT2D eigenvalue weighted by molar-refractivity contribution is 0.113. The van der Waals surface area contributed by atoms with Crippen molar-refractivity contribution in [3.63, 3.8) is 0 Å². The van der Waals surface area contributed by atoms with Crippen molar-refractivity contribution in [3.05, 3.63) is 29.8 Å². The molecule has 0 atom stereocenters.